The van der Waals surface area contributed by atoms with Crippen molar-refractivity contribution in [3.8, 4) is 0 Å². The van der Waals surface area contributed by atoms with Gasteiger partial charge in [0.1, 0.15) is 12.1 Å². The highest BCUT2D eigenvalue weighted by Gasteiger charge is 2.86. The molecule has 0 aromatic rings. The van der Waals surface area contributed by atoms with E-state index in [-0.39, 0.29) is 39.8 Å². The van der Waals surface area contributed by atoms with Crippen LogP contribution < -0.4 is 21.7 Å². The molecular formula is C37H57N5O7. The van der Waals surface area contributed by atoms with Crippen LogP contribution in [0.3, 0.4) is 0 Å². The van der Waals surface area contributed by atoms with E-state index < -0.39 is 59.1 Å². The maximum Gasteiger partial charge on any atom is 0.316 e. The van der Waals surface area contributed by atoms with Crippen LogP contribution >= 0.6 is 0 Å². The van der Waals surface area contributed by atoms with Crippen LogP contribution in [0.25, 0.3) is 0 Å². The summed E-state index contributed by atoms with van der Waals surface area (Å²) in [5.41, 5.74) is 3.88. The summed E-state index contributed by atoms with van der Waals surface area (Å²) in [6, 6.07) is -4.12. The highest BCUT2D eigenvalue weighted by atomic mass is 16.5. The van der Waals surface area contributed by atoms with Crippen molar-refractivity contribution in [3.05, 3.63) is 0 Å². The first kappa shape index (κ1) is 35.8. The number of ether oxygens (including phenoxy) is 1. The van der Waals surface area contributed by atoms with E-state index >= 15 is 0 Å². The normalized spacial score (nSPS) is 29.2. The van der Waals surface area contributed by atoms with Crippen molar-refractivity contribution in [2.75, 3.05) is 19.8 Å². The van der Waals surface area contributed by atoms with Crippen molar-refractivity contribution in [1.82, 2.24) is 20.9 Å². The van der Waals surface area contributed by atoms with Gasteiger partial charge >= 0.3 is 6.03 Å². The number of carbonyl (C=O) groups is 6. The summed E-state index contributed by atoms with van der Waals surface area (Å²) in [7, 11) is 0. The van der Waals surface area contributed by atoms with Gasteiger partial charge in [0, 0.05) is 23.3 Å². The second-order valence-electron chi connectivity index (χ2n) is 17.8. The first-order valence-corrected chi connectivity index (χ1v) is 18.7. The van der Waals surface area contributed by atoms with Gasteiger partial charge in [0.15, 0.2) is 5.78 Å². The average molecular weight is 684 g/mol. The van der Waals surface area contributed by atoms with Crippen LogP contribution in [0.2, 0.25) is 0 Å². The Balaban J connectivity index is 1.24. The zero-order chi connectivity index (χ0) is 35.5. The predicted molar refractivity (Wildman–Crippen MR) is 181 cm³/mol. The molecule has 6 aliphatic rings. The van der Waals surface area contributed by atoms with Crippen LogP contribution in [0.4, 0.5) is 4.79 Å². The van der Waals surface area contributed by atoms with Gasteiger partial charge in [0.25, 0.3) is 5.91 Å². The standard InChI is InChI=1S/C37H57N5O7/c1-34(2,3)29(41-33(48)40-26(27(43)23-14-15-23)22-12-7-6-8-13-22)32(47)42-18-36(35(4,5)37(36)19-49-20-37)17-25(42)31(46)39-24(28(44)30(38)45)16-21-10-9-11-21/h21-26,29H,6-20H2,1-5H3,(H2,38,45)(H,39,46)(H2,40,41,48)/t24?,25-,26-,29+,36+/m0/s1. The van der Waals surface area contributed by atoms with E-state index in [1.165, 1.54) is 0 Å². The van der Waals surface area contributed by atoms with Crippen LogP contribution in [0.15, 0.2) is 0 Å². The molecule has 4 saturated carbocycles. The molecule has 12 heteroatoms. The fourth-order valence-electron chi connectivity index (χ4n) is 9.75. The molecule has 0 aromatic carbocycles. The Morgan fingerprint density at radius 1 is 0.857 bits per heavy atom. The van der Waals surface area contributed by atoms with Gasteiger partial charge in [0.05, 0.1) is 25.3 Å². The first-order valence-electron chi connectivity index (χ1n) is 18.7. The Hall–Kier alpha value is -3.02. The van der Waals surface area contributed by atoms with Crippen LogP contribution in [-0.4, -0.2) is 84.1 Å². The zero-order valence-corrected chi connectivity index (χ0v) is 30.0. The average Bonchev–Trinajstić information content (AvgIpc) is 3.86. The number of nitrogens with two attached hydrogens (primary N) is 1. The van der Waals surface area contributed by atoms with E-state index in [4.69, 9.17) is 10.5 Å². The van der Waals surface area contributed by atoms with Crippen molar-refractivity contribution in [2.45, 2.75) is 136 Å². The molecule has 0 radical (unpaired) electrons. The Morgan fingerprint density at radius 2 is 1.51 bits per heavy atom. The number of urea groups is 1. The zero-order valence-electron chi connectivity index (χ0n) is 30.0. The number of amides is 5. The highest BCUT2D eigenvalue weighted by molar-refractivity contribution is 6.37. The lowest BCUT2D eigenvalue weighted by Gasteiger charge is -2.37. The first-order chi connectivity index (χ1) is 23.0. The maximum atomic E-state index is 14.8. The molecular weight excluding hydrogens is 626 g/mol. The molecule has 2 aliphatic heterocycles. The van der Waals surface area contributed by atoms with E-state index in [1.807, 2.05) is 20.8 Å². The summed E-state index contributed by atoms with van der Waals surface area (Å²) in [6.07, 6.45) is 10.2. The molecule has 0 aromatic heterocycles. The summed E-state index contributed by atoms with van der Waals surface area (Å²) < 4.78 is 5.69. The molecule has 4 aliphatic carbocycles. The fraction of sp³-hybridized carbons (Fsp3) is 0.838. The molecule has 5 N–H and O–H groups in total. The predicted octanol–water partition coefficient (Wildman–Crippen LogP) is 3.00. The molecule has 2 saturated heterocycles. The molecule has 12 nitrogen and oxygen atoms in total. The number of carbonyl (C=O) groups excluding carboxylic acids is 6. The van der Waals surface area contributed by atoms with Crippen LogP contribution in [0, 0.1) is 39.4 Å². The molecule has 272 valence electrons. The molecule has 1 unspecified atom stereocenters. The number of Topliss-reactive ketones (excluding diaryl/α,β-unsaturated/α-hetero) is 2. The lowest BCUT2D eigenvalue weighted by molar-refractivity contribution is -0.143. The molecule has 0 bridgehead atoms. The summed E-state index contributed by atoms with van der Waals surface area (Å²) in [4.78, 5) is 82.5. The molecule has 6 rings (SSSR count). The van der Waals surface area contributed by atoms with Crippen molar-refractivity contribution in [2.24, 2.45) is 45.1 Å². The SMILES string of the molecule is CC(C)(C)[C@H](NC(=O)N[C@H](C(=O)C1CC1)C1CCCCC1)C(=O)N1C[C@]2(C[C@H]1C(=O)NC(CC1CCC1)C(=O)C(N)=O)C(C)(C)C21COC1. The van der Waals surface area contributed by atoms with Gasteiger partial charge < -0.3 is 31.3 Å². The van der Waals surface area contributed by atoms with Gasteiger partial charge in [-0.1, -0.05) is 73.1 Å². The van der Waals surface area contributed by atoms with Gasteiger partial charge in [0.2, 0.25) is 17.6 Å². The monoisotopic (exact) mass is 683 g/mol. The Labute approximate surface area is 290 Å². The minimum Gasteiger partial charge on any atom is -0.380 e. The Morgan fingerprint density at radius 3 is 2.00 bits per heavy atom. The molecule has 2 heterocycles. The van der Waals surface area contributed by atoms with Gasteiger partial charge in [-0.2, -0.15) is 0 Å². The fourth-order valence-corrected chi connectivity index (χ4v) is 9.75. The minimum absolute atomic E-state index is 0.00778. The maximum absolute atomic E-state index is 14.8. The lowest BCUT2D eigenvalue weighted by atomic mass is 9.80. The number of hydrogen-bond acceptors (Lipinski definition) is 7. The van der Waals surface area contributed by atoms with E-state index in [2.05, 4.69) is 29.8 Å². The number of fused-ring (bicyclic) bond motifs is 1. The van der Waals surface area contributed by atoms with Gasteiger partial charge in [-0.05, 0) is 61.2 Å². The van der Waals surface area contributed by atoms with Crippen molar-refractivity contribution in [3.63, 3.8) is 0 Å². The molecule has 2 spiro atoms. The topological polar surface area (TPSA) is 177 Å². The largest absolute Gasteiger partial charge is 0.380 e. The number of hydrogen-bond donors (Lipinski definition) is 4. The van der Waals surface area contributed by atoms with Crippen LogP contribution in [-0.2, 0) is 28.7 Å². The number of rotatable bonds is 12. The van der Waals surface area contributed by atoms with Crippen molar-refractivity contribution in [1.29, 1.82) is 0 Å². The van der Waals surface area contributed by atoms with E-state index in [0.717, 1.165) is 64.2 Å². The molecule has 5 atom stereocenters. The number of primary amides is 1. The smallest absolute Gasteiger partial charge is 0.316 e. The molecule has 49 heavy (non-hydrogen) atoms. The van der Waals surface area contributed by atoms with Crippen LogP contribution in [0.5, 0.6) is 0 Å². The Kier molecular flexibility index (Phi) is 9.46. The summed E-state index contributed by atoms with van der Waals surface area (Å²) >= 11 is 0. The van der Waals surface area contributed by atoms with Gasteiger partial charge in [-0.15, -0.1) is 0 Å². The number of nitrogens with zero attached hydrogens (tertiary/aromatic N) is 1. The van der Waals surface area contributed by atoms with Crippen molar-refractivity contribution < 1.29 is 33.5 Å². The number of nitrogens with one attached hydrogen (secondary N) is 3. The van der Waals surface area contributed by atoms with Gasteiger partial charge in [-0.25, -0.2) is 4.79 Å². The van der Waals surface area contributed by atoms with E-state index in [0.29, 0.717) is 32.6 Å². The number of ketones is 2. The van der Waals surface area contributed by atoms with Gasteiger partial charge in [-0.3, -0.25) is 24.0 Å². The van der Waals surface area contributed by atoms with Crippen molar-refractivity contribution >= 4 is 35.3 Å². The van der Waals surface area contributed by atoms with E-state index in [1.54, 1.807) is 4.90 Å². The third-order valence-electron chi connectivity index (χ3n) is 13.6. The third kappa shape index (κ3) is 6.29. The second-order valence-corrected chi connectivity index (χ2v) is 17.8. The quantitative estimate of drug-likeness (QED) is 0.229. The van der Waals surface area contributed by atoms with Crippen LogP contribution in [0.1, 0.15) is 112 Å². The third-order valence-corrected chi connectivity index (χ3v) is 13.6. The highest BCUT2D eigenvalue weighted by Crippen LogP contribution is 2.84. The molecule has 6 fully saturated rings. The summed E-state index contributed by atoms with van der Waals surface area (Å²) in [6.45, 7) is 11.3. The summed E-state index contributed by atoms with van der Waals surface area (Å²) in [5.74, 6) is -2.43. The second kappa shape index (κ2) is 12.9. The van der Waals surface area contributed by atoms with E-state index in [9.17, 15) is 28.8 Å². The Bertz CT molecular complexity index is 1370. The number of likely N-dealkylation sites (tertiary alicyclic amines) is 1. The molecule has 5 amide bonds. The summed E-state index contributed by atoms with van der Waals surface area (Å²) in [5, 5.41) is 8.78. The lowest BCUT2D eigenvalue weighted by Crippen LogP contribution is -2.61. The minimum atomic E-state index is -1.09.